The molecule has 0 aliphatic rings. The van der Waals surface area contributed by atoms with Crippen LogP contribution < -0.4 is 11.1 Å². The molecule has 21 heavy (non-hydrogen) atoms. The zero-order valence-corrected chi connectivity index (χ0v) is 13.0. The van der Waals surface area contributed by atoms with Crippen molar-refractivity contribution in [2.45, 2.75) is 33.1 Å². The van der Waals surface area contributed by atoms with Gasteiger partial charge in [-0.3, -0.25) is 4.79 Å². The monoisotopic (exact) mass is 282 g/mol. The fourth-order valence-corrected chi connectivity index (χ4v) is 2.37. The topological polar surface area (TPSA) is 55.1 Å². The first-order valence-electron chi connectivity index (χ1n) is 7.05. The van der Waals surface area contributed by atoms with Gasteiger partial charge in [0.1, 0.15) is 0 Å². The van der Waals surface area contributed by atoms with Crippen molar-refractivity contribution in [1.29, 1.82) is 0 Å². The second-order valence-corrected chi connectivity index (χ2v) is 6.08. The summed E-state index contributed by atoms with van der Waals surface area (Å²) in [5, 5.41) is 3.01. The molecule has 1 amide bonds. The number of hydrogen-bond acceptors (Lipinski definition) is 2. The lowest BCUT2D eigenvalue weighted by atomic mass is 9.83. The number of carbonyl (C=O) groups is 1. The third kappa shape index (κ3) is 3.43. The third-order valence-corrected chi connectivity index (χ3v) is 3.68. The van der Waals surface area contributed by atoms with E-state index in [2.05, 4.69) is 11.4 Å². The molecular weight excluding hydrogens is 260 g/mol. The second kappa shape index (κ2) is 5.60. The van der Waals surface area contributed by atoms with Gasteiger partial charge in [-0.2, -0.15) is 0 Å². The van der Waals surface area contributed by atoms with Crippen LogP contribution in [0.1, 0.15) is 30.5 Å². The molecule has 2 aromatic rings. The molecule has 0 saturated heterocycles. The maximum Gasteiger partial charge on any atom is 0.234 e. The summed E-state index contributed by atoms with van der Waals surface area (Å²) < 4.78 is 0. The summed E-state index contributed by atoms with van der Waals surface area (Å²) >= 11 is 0. The van der Waals surface area contributed by atoms with Gasteiger partial charge in [-0.15, -0.1) is 0 Å². The molecule has 3 nitrogen and oxygen atoms in total. The van der Waals surface area contributed by atoms with Gasteiger partial charge < -0.3 is 11.1 Å². The number of nitrogens with two attached hydrogens (primary N) is 1. The Hall–Kier alpha value is -2.29. The lowest BCUT2D eigenvalue weighted by Crippen LogP contribution is -2.34. The molecule has 0 heterocycles. The van der Waals surface area contributed by atoms with Crippen LogP contribution in [-0.2, 0) is 10.2 Å². The van der Waals surface area contributed by atoms with Crippen molar-refractivity contribution >= 4 is 17.3 Å². The summed E-state index contributed by atoms with van der Waals surface area (Å²) in [6, 6.07) is 13.5. The average Bonchev–Trinajstić information content (AvgIpc) is 2.37. The van der Waals surface area contributed by atoms with Gasteiger partial charge in [0, 0.05) is 11.4 Å². The fraction of sp³-hybridized carbons (Fsp3) is 0.278. The Morgan fingerprint density at radius 1 is 1.00 bits per heavy atom. The number of nitrogen functional groups attached to an aromatic ring is 1. The number of anilines is 2. The maximum absolute atomic E-state index is 12.6. The van der Waals surface area contributed by atoms with E-state index in [4.69, 9.17) is 5.73 Å². The molecule has 0 unspecified atom stereocenters. The third-order valence-electron chi connectivity index (χ3n) is 3.68. The van der Waals surface area contributed by atoms with E-state index in [-0.39, 0.29) is 5.91 Å². The zero-order valence-electron chi connectivity index (χ0n) is 13.0. The normalized spacial score (nSPS) is 11.2. The molecule has 0 atom stereocenters. The molecule has 0 bridgehead atoms. The van der Waals surface area contributed by atoms with E-state index in [0.717, 1.165) is 22.4 Å². The van der Waals surface area contributed by atoms with Crippen LogP contribution in [0.3, 0.4) is 0 Å². The standard InChI is InChI=1S/C18H22N2O/c1-12-9-13(2)11-16(10-12)20-17(21)18(3,4)14-5-7-15(19)8-6-14/h5-11H,19H2,1-4H3,(H,20,21). The van der Waals surface area contributed by atoms with Crippen molar-refractivity contribution < 1.29 is 4.79 Å². The van der Waals surface area contributed by atoms with Crippen LogP contribution in [-0.4, -0.2) is 5.91 Å². The number of nitrogens with one attached hydrogen (secondary N) is 1. The zero-order chi connectivity index (χ0) is 15.6. The molecule has 0 aliphatic heterocycles. The van der Waals surface area contributed by atoms with Gasteiger partial charge in [0.05, 0.1) is 5.41 Å². The summed E-state index contributed by atoms with van der Waals surface area (Å²) in [5.41, 5.74) is 9.83. The highest BCUT2D eigenvalue weighted by Crippen LogP contribution is 2.26. The van der Waals surface area contributed by atoms with E-state index in [1.54, 1.807) is 0 Å². The Bertz CT molecular complexity index is 637. The number of hydrogen-bond donors (Lipinski definition) is 2. The number of aryl methyl sites for hydroxylation is 2. The van der Waals surface area contributed by atoms with E-state index in [1.807, 2.05) is 64.1 Å². The van der Waals surface area contributed by atoms with Crippen molar-refractivity contribution in [3.63, 3.8) is 0 Å². The summed E-state index contributed by atoms with van der Waals surface area (Å²) in [6.45, 7) is 7.87. The van der Waals surface area contributed by atoms with Crippen LogP contribution in [0.25, 0.3) is 0 Å². The quantitative estimate of drug-likeness (QED) is 0.841. The SMILES string of the molecule is Cc1cc(C)cc(NC(=O)C(C)(C)c2ccc(N)cc2)c1. The van der Waals surface area contributed by atoms with Crippen molar-refractivity contribution in [3.05, 3.63) is 59.2 Å². The number of rotatable bonds is 3. The summed E-state index contributed by atoms with van der Waals surface area (Å²) in [4.78, 5) is 12.6. The Labute approximate surface area is 126 Å². The van der Waals surface area contributed by atoms with Crippen LogP contribution in [0.5, 0.6) is 0 Å². The lowest BCUT2D eigenvalue weighted by molar-refractivity contribution is -0.120. The van der Waals surface area contributed by atoms with Crippen molar-refractivity contribution in [3.8, 4) is 0 Å². The second-order valence-electron chi connectivity index (χ2n) is 6.08. The molecule has 0 spiro atoms. The van der Waals surface area contributed by atoms with Crippen molar-refractivity contribution in [1.82, 2.24) is 0 Å². The largest absolute Gasteiger partial charge is 0.399 e. The van der Waals surface area contributed by atoms with Crippen LogP contribution in [0, 0.1) is 13.8 Å². The molecule has 3 heteroatoms. The van der Waals surface area contributed by atoms with E-state index < -0.39 is 5.41 Å². The van der Waals surface area contributed by atoms with E-state index in [0.29, 0.717) is 5.69 Å². The van der Waals surface area contributed by atoms with Crippen molar-refractivity contribution in [2.75, 3.05) is 11.1 Å². The molecule has 3 N–H and O–H groups in total. The molecule has 2 aromatic carbocycles. The van der Waals surface area contributed by atoms with Gasteiger partial charge in [0.2, 0.25) is 5.91 Å². The molecule has 0 aromatic heterocycles. The van der Waals surface area contributed by atoms with Crippen LogP contribution in [0.2, 0.25) is 0 Å². The lowest BCUT2D eigenvalue weighted by Gasteiger charge is -2.24. The number of carbonyl (C=O) groups excluding carboxylic acids is 1. The fourth-order valence-electron chi connectivity index (χ4n) is 2.37. The van der Waals surface area contributed by atoms with Crippen LogP contribution in [0.4, 0.5) is 11.4 Å². The van der Waals surface area contributed by atoms with Gasteiger partial charge in [0.15, 0.2) is 0 Å². The molecule has 0 fully saturated rings. The Kier molecular flexibility index (Phi) is 4.03. The minimum absolute atomic E-state index is 0.0303. The first kappa shape index (κ1) is 15.1. The molecule has 2 rings (SSSR count). The predicted octanol–water partition coefficient (Wildman–Crippen LogP) is 3.80. The average molecular weight is 282 g/mol. The summed E-state index contributed by atoms with van der Waals surface area (Å²) in [6.07, 6.45) is 0. The van der Waals surface area contributed by atoms with Crippen LogP contribution >= 0.6 is 0 Å². The van der Waals surface area contributed by atoms with Gasteiger partial charge in [-0.05, 0) is 68.7 Å². The molecule has 110 valence electrons. The highest BCUT2D eigenvalue weighted by molar-refractivity contribution is 5.98. The van der Waals surface area contributed by atoms with Gasteiger partial charge in [0.25, 0.3) is 0 Å². The highest BCUT2D eigenvalue weighted by Gasteiger charge is 2.29. The van der Waals surface area contributed by atoms with Gasteiger partial charge in [-0.25, -0.2) is 0 Å². The van der Waals surface area contributed by atoms with E-state index in [9.17, 15) is 4.79 Å². The van der Waals surface area contributed by atoms with E-state index >= 15 is 0 Å². The minimum atomic E-state index is -0.620. The number of benzene rings is 2. The Balaban J connectivity index is 2.23. The highest BCUT2D eigenvalue weighted by atomic mass is 16.2. The van der Waals surface area contributed by atoms with Crippen LogP contribution in [0.15, 0.2) is 42.5 Å². The predicted molar refractivity (Wildman–Crippen MR) is 88.4 cm³/mol. The number of amides is 1. The molecular formula is C18H22N2O. The summed E-state index contributed by atoms with van der Waals surface area (Å²) in [5.74, 6) is -0.0303. The minimum Gasteiger partial charge on any atom is -0.399 e. The smallest absolute Gasteiger partial charge is 0.234 e. The van der Waals surface area contributed by atoms with E-state index in [1.165, 1.54) is 0 Å². The Morgan fingerprint density at radius 2 is 1.52 bits per heavy atom. The van der Waals surface area contributed by atoms with Gasteiger partial charge >= 0.3 is 0 Å². The maximum atomic E-state index is 12.6. The molecule has 0 aliphatic carbocycles. The molecule has 0 radical (unpaired) electrons. The van der Waals surface area contributed by atoms with Crippen molar-refractivity contribution in [2.24, 2.45) is 0 Å². The van der Waals surface area contributed by atoms with Gasteiger partial charge in [-0.1, -0.05) is 18.2 Å². The Morgan fingerprint density at radius 3 is 2.05 bits per heavy atom. The summed E-state index contributed by atoms with van der Waals surface area (Å²) in [7, 11) is 0. The first-order valence-corrected chi connectivity index (χ1v) is 7.05. The molecule has 0 saturated carbocycles. The first-order chi connectivity index (χ1) is 9.79.